The monoisotopic (exact) mass is 736 g/mol. The number of fused-ring (bicyclic) bond motifs is 13. The quantitative estimate of drug-likeness (QED) is 0.165. The number of ketones is 1. The lowest BCUT2D eigenvalue weighted by atomic mass is 9.81. The van der Waals surface area contributed by atoms with E-state index in [4.69, 9.17) is 37.9 Å². The molecule has 0 aromatic heterocycles. The minimum Gasteiger partial charge on any atom is -0.493 e. The zero-order chi connectivity index (χ0) is 37.1. The van der Waals surface area contributed by atoms with Crippen LogP contribution in [0.4, 0.5) is 11.4 Å². The molecule has 2 unspecified atom stereocenters. The summed E-state index contributed by atoms with van der Waals surface area (Å²) >= 11 is 0. The van der Waals surface area contributed by atoms with Gasteiger partial charge in [0.1, 0.15) is 5.78 Å². The van der Waals surface area contributed by atoms with Crippen LogP contribution in [0.15, 0.2) is 72.8 Å². The smallest absolute Gasteiger partial charge is 0.231 e. The molecule has 55 heavy (non-hydrogen) atoms. The molecule has 0 aliphatic carbocycles. The highest BCUT2D eigenvalue weighted by molar-refractivity contribution is 6.07. The van der Waals surface area contributed by atoms with Gasteiger partial charge in [0.05, 0.1) is 37.7 Å². The molecular weight excluding hydrogens is 700 g/mol. The van der Waals surface area contributed by atoms with Crippen molar-refractivity contribution < 1.29 is 42.7 Å². The fraction of sp³-hybridized carbons (Fsp3) is 0.250. The van der Waals surface area contributed by atoms with Crippen LogP contribution in [-0.4, -0.2) is 54.5 Å². The molecule has 0 bridgehead atoms. The van der Waals surface area contributed by atoms with Gasteiger partial charge in [0.15, 0.2) is 46.0 Å². The van der Waals surface area contributed by atoms with E-state index in [0.717, 1.165) is 77.8 Å². The fourth-order valence-corrected chi connectivity index (χ4v) is 9.29. The van der Waals surface area contributed by atoms with Crippen LogP contribution in [0.2, 0.25) is 0 Å². The van der Waals surface area contributed by atoms with Crippen molar-refractivity contribution in [2.24, 2.45) is 0 Å². The van der Waals surface area contributed by atoms with Gasteiger partial charge >= 0.3 is 0 Å². The zero-order valence-corrected chi connectivity index (χ0v) is 30.7. The molecule has 0 N–H and O–H groups in total. The molecule has 0 radical (unpaired) electrons. The van der Waals surface area contributed by atoms with Crippen molar-refractivity contribution in [3.8, 4) is 68.2 Å². The van der Waals surface area contributed by atoms with Crippen molar-refractivity contribution in [3.63, 3.8) is 0 Å². The molecule has 0 amide bonds. The Kier molecular flexibility index (Phi) is 6.84. The standard InChI is InChI=1S/C44H36N2O9/c1-45-32(31-18-40-39(54-21-55-40)17-30(31)27-8-6-23-12-36-38(53-20-51-36)16-29(23)43(27)45)13-24(47)14-33-41-25(9-10-34(48-3)44(41)49-4)26-7-5-22-11-35-37(52-19-50-35)15-28(22)42(26)46(33)2/h5-12,15-18,32-33H,13-14,19-21H2,1-4H3. The van der Waals surface area contributed by atoms with Crippen molar-refractivity contribution >= 4 is 38.7 Å². The molecule has 0 saturated heterocycles. The SMILES string of the molecule is COc1ccc2c(c1OC)C(CC(=O)CC1c3cc4c(cc3-c3ccc5cc6c(cc5c3N1C)OCO6)OCO4)N(C)c1c-2ccc2cc3c(cc12)OCO3. The van der Waals surface area contributed by atoms with Gasteiger partial charge in [-0.15, -0.1) is 0 Å². The lowest BCUT2D eigenvalue weighted by Gasteiger charge is -2.40. The Morgan fingerprint density at radius 1 is 0.582 bits per heavy atom. The van der Waals surface area contributed by atoms with Gasteiger partial charge in [0, 0.05) is 54.4 Å². The first-order valence-electron chi connectivity index (χ1n) is 18.3. The van der Waals surface area contributed by atoms with Gasteiger partial charge in [-0.25, -0.2) is 0 Å². The number of hydrogen-bond acceptors (Lipinski definition) is 11. The van der Waals surface area contributed by atoms with Crippen molar-refractivity contribution in [2.45, 2.75) is 24.9 Å². The van der Waals surface area contributed by atoms with Crippen molar-refractivity contribution in [1.82, 2.24) is 0 Å². The van der Waals surface area contributed by atoms with Crippen LogP contribution < -0.4 is 47.7 Å². The Balaban J connectivity index is 1.02. The maximum atomic E-state index is 14.9. The molecule has 11 rings (SSSR count). The Bertz CT molecular complexity index is 2660. The molecule has 6 aromatic rings. The normalized spacial score (nSPS) is 17.9. The van der Waals surface area contributed by atoms with E-state index in [2.05, 4.69) is 60.3 Å². The molecule has 5 aliphatic heterocycles. The van der Waals surface area contributed by atoms with Gasteiger partial charge in [-0.2, -0.15) is 0 Å². The van der Waals surface area contributed by atoms with Gasteiger partial charge in [0.2, 0.25) is 20.4 Å². The third kappa shape index (κ3) is 4.58. The average molecular weight is 737 g/mol. The Labute approximate surface area is 316 Å². The fourth-order valence-electron chi connectivity index (χ4n) is 9.29. The van der Waals surface area contributed by atoms with Gasteiger partial charge in [0.25, 0.3) is 0 Å². The molecule has 5 heterocycles. The first-order valence-corrected chi connectivity index (χ1v) is 18.3. The molecule has 11 heteroatoms. The lowest BCUT2D eigenvalue weighted by Crippen LogP contribution is -2.33. The molecule has 6 aromatic carbocycles. The third-order valence-corrected chi connectivity index (χ3v) is 11.9. The number of Topliss-reactive ketones (excluding diaryl/α,β-unsaturated/α-hetero) is 1. The number of nitrogens with zero attached hydrogens (tertiary/aromatic N) is 2. The predicted octanol–water partition coefficient (Wildman–Crippen LogP) is 8.56. The van der Waals surface area contributed by atoms with Gasteiger partial charge in [-0.3, -0.25) is 4.79 Å². The van der Waals surface area contributed by atoms with E-state index in [9.17, 15) is 4.79 Å². The van der Waals surface area contributed by atoms with Crippen molar-refractivity contribution in [3.05, 3.63) is 83.9 Å². The first kappa shape index (κ1) is 32.0. The van der Waals surface area contributed by atoms with Crippen LogP contribution in [0.25, 0.3) is 43.8 Å². The van der Waals surface area contributed by atoms with Crippen molar-refractivity contribution in [2.75, 3.05) is 58.5 Å². The summed E-state index contributed by atoms with van der Waals surface area (Å²) < 4.78 is 46.7. The molecule has 11 nitrogen and oxygen atoms in total. The second-order valence-corrected chi connectivity index (χ2v) is 14.5. The summed E-state index contributed by atoms with van der Waals surface area (Å²) in [7, 11) is 7.41. The second kappa shape index (κ2) is 11.8. The number of ether oxygens (including phenoxy) is 8. The van der Waals surface area contributed by atoms with E-state index >= 15 is 0 Å². The summed E-state index contributed by atoms with van der Waals surface area (Å²) in [5.74, 6) is 5.56. The van der Waals surface area contributed by atoms with E-state index in [1.165, 1.54) is 0 Å². The van der Waals surface area contributed by atoms with Crippen LogP contribution in [0.1, 0.15) is 36.1 Å². The summed E-state index contributed by atoms with van der Waals surface area (Å²) in [4.78, 5) is 19.3. The summed E-state index contributed by atoms with van der Waals surface area (Å²) in [6.45, 7) is 0.529. The molecule has 2 atom stereocenters. The van der Waals surface area contributed by atoms with E-state index in [1.54, 1.807) is 14.2 Å². The molecule has 0 fully saturated rings. The van der Waals surface area contributed by atoms with Crippen LogP contribution in [-0.2, 0) is 4.79 Å². The Morgan fingerprint density at radius 2 is 1.07 bits per heavy atom. The number of rotatable bonds is 6. The Hall–Kier alpha value is -6.49. The van der Waals surface area contributed by atoms with Crippen LogP contribution >= 0.6 is 0 Å². The highest BCUT2D eigenvalue weighted by Crippen LogP contribution is 2.56. The van der Waals surface area contributed by atoms with Crippen LogP contribution in [0.5, 0.6) is 46.0 Å². The van der Waals surface area contributed by atoms with E-state index in [0.29, 0.717) is 34.5 Å². The summed E-state index contributed by atoms with van der Waals surface area (Å²) in [6.07, 6.45) is 0.468. The largest absolute Gasteiger partial charge is 0.493 e. The number of carbonyl (C=O) groups excluding carboxylic acids is 1. The minimum atomic E-state index is -0.367. The second-order valence-electron chi connectivity index (χ2n) is 14.5. The zero-order valence-electron chi connectivity index (χ0n) is 30.7. The minimum absolute atomic E-state index is 0.0933. The predicted molar refractivity (Wildman–Crippen MR) is 207 cm³/mol. The topological polar surface area (TPSA) is 97.4 Å². The number of anilines is 2. The molecular formula is C44H36N2O9. The first-order chi connectivity index (χ1) is 26.9. The highest BCUT2D eigenvalue weighted by atomic mass is 16.7. The maximum absolute atomic E-state index is 14.9. The Morgan fingerprint density at radius 3 is 1.65 bits per heavy atom. The molecule has 276 valence electrons. The highest BCUT2D eigenvalue weighted by Gasteiger charge is 2.39. The summed E-state index contributed by atoms with van der Waals surface area (Å²) in [5.41, 5.74) is 8.06. The van der Waals surface area contributed by atoms with Gasteiger partial charge < -0.3 is 47.7 Å². The van der Waals surface area contributed by atoms with Crippen LogP contribution in [0.3, 0.4) is 0 Å². The number of methoxy groups -OCH3 is 2. The summed E-state index contributed by atoms with van der Waals surface area (Å²) in [6, 6.07) is 24.0. The van der Waals surface area contributed by atoms with Crippen molar-refractivity contribution in [1.29, 1.82) is 0 Å². The van der Waals surface area contributed by atoms with Crippen LogP contribution in [0, 0.1) is 0 Å². The van der Waals surface area contributed by atoms with E-state index in [-0.39, 0.29) is 51.1 Å². The number of carbonyl (C=O) groups is 1. The van der Waals surface area contributed by atoms with E-state index < -0.39 is 0 Å². The molecule has 0 spiro atoms. The van der Waals surface area contributed by atoms with Gasteiger partial charge in [-0.1, -0.05) is 24.3 Å². The maximum Gasteiger partial charge on any atom is 0.231 e. The third-order valence-electron chi connectivity index (χ3n) is 11.9. The number of hydrogen-bond donors (Lipinski definition) is 0. The van der Waals surface area contributed by atoms with E-state index in [1.807, 2.05) is 36.4 Å². The lowest BCUT2D eigenvalue weighted by molar-refractivity contribution is -0.119. The number of benzene rings is 6. The molecule has 5 aliphatic rings. The molecule has 0 saturated carbocycles. The average Bonchev–Trinajstić information content (AvgIpc) is 3.98. The van der Waals surface area contributed by atoms with Gasteiger partial charge in [-0.05, 0) is 76.0 Å². The summed E-state index contributed by atoms with van der Waals surface area (Å²) in [5, 5.41) is 4.09.